The highest BCUT2D eigenvalue weighted by Gasteiger charge is 2.12. The van der Waals surface area contributed by atoms with Crippen molar-refractivity contribution >= 4 is 5.91 Å². The average Bonchev–Trinajstić information content (AvgIpc) is 2.17. The Kier molecular flexibility index (Phi) is 4.78. The van der Waals surface area contributed by atoms with E-state index in [1.54, 1.807) is 0 Å². The van der Waals surface area contributed by atoms with E-state index < -0.39 is 0 Å². The van der Waals surface area contributed by atoms with Crippen molar-refractivity contribution in [1.29, 1.82) is 0 Å². The van der Waals surface area contributed by atoms with Crippen LogP contribution in [0.5, 0.6) is 0 Å². The Hall–Kier alpha value is -0.610. The summed E-state index contributed by atoms with van der Waals surface area (Å²) in [5.41, 5.74) is 0. The first-order valence-corrected chi connectivity index (χ1v) is 4.90. The molecular formula is C9H18N2O2. The molecule has 1 heterocycles. The summed E-state index contributed by atoms with van der Waals surface area (Å²) in [5.74, 6) is 0.134. The van der Waals surface area contributed by atoms with Gasteiger partial charge in [-0.15, -0.1) is 0 Å². The third-order valence-corrected chi connectivity index (χ3v) is 2.02. The maximum absolute atomic E-state index is 11.1. The number of hydrogen-bond acceptors (Lipinski definition) is 3. The summed E-state index contributed by atoms with van der Waals surface area (Å²) in [7, 11) is 0. The molecule has 13 heavy (non-hydrogen) atoms. The molecule has 0 spiro atoms. The summed E-state index contributed by atoms with van der Waals surface area (Å²) in [6.07, 6.45) is 1.52. The highest BCUT2D eigenvalue weighted by Crippen LogP contribution is 1.92. The van der Waals surface area contributed by atoms with Crippen molar-refractivity contribution in [2.45, 2.75) is 25.8 Å². The van der Waals surface area contributed by atoms with Gasteiger partial charge < -0.3 is 15.4 Å². The Labute approximate surface area is 79.0 Å². The molecule has 1 fully saturated rings. The summed E-state index contributed by atoms with van der Waals surface area (Å²) >= 11 is 0. The standard InChI is InChI=1S/C9H18N2O2/c1-2-3-9(12)11-6-8-7-13-5-4-10-8/h8,10H,2-7H2,1H3,(H,11,12). The second kappa shape index (κ2) is 5.94. The van der Waals surface area contributed by atoms with Gasteiger partial charge in [0.15, 0.2) is 0 Å². The first-order chi connectivity index (χ1) is 6.33. The maximum atomic E-state index is 11.1. The normalized spacial score (nSPS) is 22.7. The summed E-state index contributed by atoms with van der Waals surface area (Å²) in [6.45, 7) is 5.04. The zero-order valence-corrected chi connectivity index (χ0v) is 8.14. The van der Waals surface area contributed by atoms with Crippen LogP contribution < -0.4 is 10.6 Å². The van der Waals surface area contributed by atoms with E-state index in [9.17, 15) is 4.79 Å². The molecule has 1 unspecified atom stereocenters. The quantitative estimate of drug-likeness (QED) is 0.644. The summed E-state index contributed by atoms with van der Waals surface area (Å²) in [5, 5.41) is 6.15. The van der Waals surface area contributed by atoms with E-state index in [0.717, 1.165) is 19.6 Å². The zero-order chi connectivity index (χ0) is 9.52. The lowest BCUT2D eigenvalue weighted by molar-refractivity contribution is -0.121. The van der Waals surface area contributed by atoms with Crippen LogP contribution in [0.25, 0.3) is 0 Å². The van der Waals surface area contributed by atoms with Crippen molar-refractivity contribution in [2.24, 2.45) is 0 Å². The second-order valence-corrected chi connectivity index (χ2v) is 3.28. The molecule has 4 heteroatoms. The predicted octanol–water partition coefficient (Wildman–Crippen LogP) is -0.109. The highest BCUT2D eigenvalue weighted by molar-refractivity contribution is 5.75. The SMILES string of the molecule is CCCC(=O)NCC1COCCN1. The van der Waals surface area contributed by atoms with Crippen LogP contribution in [0.3, 0.4) is 0 Å². The molecule has 1 atom stereocenters. The predicted molar refractivity (Wildman–Crippen MR) is 50.5 cm³/mol. The van der Waals surface area contributed by atoms with Gasteiger partial charge in [0.1, 0.15) is 0 Å². The topological polar surface area (TPSA) is 50.4 Å². The third-order valence-electron chi connectivity index (χ3n) is 2.02. The van der Waals surface area contributed by atoms with E-state index in [1.807, 2.05) is 6.92 Å². The zero-order valence-electron chi connectivity index (χ0n) is 8.14. The molecule has 1 rings (SSSR count). The van der Waals surface area contributed by atoms with Crippen LogP contribution >= 0.6 is 0 Å². The van der Waals surface area contributed by atoms with Gasteiger partial charge in [-0.25, -0.2) is 0 Å². The molecule has 1 amide bonds. The minimum Gasteiger partial charge on any atom is -0.378 e. The van der Waals surface area contributed by atoms with Gasteiger partial charge in [-0.05, 0) is 6.42 Å². The Bertz CT molecular complexity index is 156. The van der Waals surface area contributed by atoms with Crippen molar-refractivity contribution < 1.29 is 9.53 Å². The number of hydrogen-bond donors (Lipinski definition) is 2. The van der Waals surface area contributed by atoms with Gasteiger partial charge in [-0.1, -0.05) is 6.92 Å². The summed E-state index contributed by atoms with van der Waals surface area (Å²) in [6, 6.07) is 0.287. The first kappa shape index (κ1) is 10.5. The monoisotopic (exact) mass is 186 g/mol. The molecule has 4 nitrogen and oxygen atoms in total. The number of carbonyl (C=O) groups excluding carboxylic acids is 1. The second-order valence-electron chi connectivity index (χ2n) is 3.28. The lowest BCUT2D eigenvalue weighted by Gasteiger charge is -2.23. The summed E-state index contributed by atoms with van der Waals surface area (Å²) in [4.78, 5) is 11.1. The number of amides is 1. The molecule has 0 bridgehead atoms. The molecule has 0 aliphatic carbocycles. The van der Waals surface area contributed by atoms with E-state index in [4.69, 9.17) is 4.74 Å². The molecule has 76 valence electrons. The molecule has 1 aliphatic rings. The van der Waals surface area contributed by atoms with Gasteiger partial charge in [0, 0.05) is 25.6 Å². The molecular weight excluding hydrogens is 168 g/mol. The van der Waals surface area contributed by atoms with Crippen LogP contribution in [0.2, 0.25) is 0 Å². The molecule has 0 aromatic heterocycles. The minimum atomic E-state index is 0.134. The van der Waals surface area contributed by atoms with E-state index in [0.29, 0.717) is 19.6 Å². The van der Waals surface area contributed by atoms with Crippen molar-refractivity contribution in [1.82, 2.24) is 10.6 Å². The van der Waals surface area contributed by atoms with Gasteiger partial charge in [-0.3, -0.25) is 4.79 Å². The number of ether oxygens (including phenoxy) is 1. The number of carbonyl (C=O) groups is 1. The molecule has 1 saturated heterocycles. The van der Waals surface area contributed by atoms with Crippen LogP contribution in [0, 0.1) is 0 Å². The van der Waals surface area contributed by atoms with Crippen LogP contribution in [-0.4, -0.2) is 38.3 Å². The number of morpholine rings is 1. The lowest BCUT2D eigenvalue weighted by atomic mass is 10.2. The Morgan fingerprint density at radius 2 is 2.54 bits per heavy atom. The third kappa shape index (κ3) is 4.24. The Morgan fingerprint density at radius 3 is 3.15 bits per heavy atom. The minimum absolute atomic E-state index is 0.134. The Balaban J connectivity index is 2.06. The van der Waals surface area contributed by atoms with Crippen LogP contribution in [0.15, 0.2) is 0 Å². The molecule has 0 radical (unpaired) electrons. The molecule has 0 aromatic carbocycles. The lowest BCUT2D eigenvalue weighted by Crippen LogP contribution is -2.48. The average molecular weight is 186 g/mol. The fraction of sp³-hybridized carbons (Fsp3) is 0.889. The summed E-state index contributed by atoms with van der Waals surface area (Å²) < 4.78 is 5.26. The van der Waals surface area contributed by atoms with Gasteiger partial charge in [0.2, 0.25) is 5.91 Å². The largest absolute Gasteiger partial charge is 0.378 e. The van der Waals surface area contributed by atoms with E-state index >= 15 is 0 Å². The fourth-order valence-corrected chi connectivity index (χ4v) is 1.30. The van der Waals surface area contributed by atoms with Crippen molar-refractivity contribution in [3.05, 3.63) is 0 Å². The van der Waals surface area contributed by atoms with Crippen LogP contribution in [0.4, 0.5) is 0 Å². The fourth-order valence-electron chi connectivity index (χ4n) is 1.30. The Morgan fingerprint density at radius 1 is 1.69 bits per heavy atom. The van der Waals surface area contributed by atoms with Crippen molar-refractivity contribution in [3.63, 3.8) is 0 Å². The van der Waals surface area contributed by atoms with Gasteiger partial charge in [0.05, 0.1) is 13.2 Å². The van der Waals surface area contributed by atoms with E-state index in [1.165, 1.54) is 0 Å². The first-order valence-electron chi connectivity index (χ1n) is 4.90. The molecule has 0 aromatic rings. The van der Waals surface area contributed by atoms with Crippen molar-refractivity contribution in [2.75, 3.05) is 26.3 Å². The maximum Gasteiger partial charge on any atom is 0.220 e. The molecule has 2 N–H and O–H groups in total. The van der Waals surface area contributed by atoms with Gasteiger partial charge in [0.25, 0.3) is 0 Å². The molecule has 1 aliphatic heterocycles. The van der Waals surface area contributed by atoms with Gasteiger partial charge >= 0.3 is 0 Å². The smallest absolute Gasteiger partial charge is 0.220 e. The number of nitrogens with one attached hydrogen (secondary N) is 2. The molecule has 0 saturated carbocycles. The van der Waals surface area contributed by atoms with Crippen LogP contribution in [-0.2, 0) is 9.53 Å². The number of rotatable bonds is 4. The van der Waals surface area contributed by atoms with E-state index in [2.05, 4.69) is 10.6 Å². The van der Waals surface area contributed by atoms with E-state index in [-0.39, 0.29) is 11.9 Å². The highest BCUT2D eigenvalue weighted by atomic mass is 16.5. The van der Waals surface area contributed by atoms with Crippen molar-refractivity contribution in [3.8, 4) is 0 Å². The van der Waals surface area contributed by atoms with Gasteiger partial charge in [-0.2, -0.15) is 0 Å². The van der Waals surface area contributed by atoms with Crippen LogP contribution in [0.1, 0.15) is 19.8 Å².